The molecule has 0 aliphatic carbocycles. The molecule has 3 aromatic rings. The van der Waals surface area contributed by atoms with Gasteiger partial charge in [0.25, 0.3) is 0 Å². The van der Waals surface area contributed by atoms with E-state index >= 15 is 0 Å². The molecule has 4 rings (SSSR count). The molecule has 0 atom stereocenters. The van der Waals surface area contributed by atoms with Crippen LogP contribution in [-0.2, 0) is 17.6 Å². The summed E-state index contributed by atoms with van der Waals surface area (Å²) in [7, 11) is 0. The van der Waals surface area contributed by atoms with Gasteiger partial charge in [-0.3, -0.25) is 9.59 Å². The monoisotopic (exact) mass is 415 g/mol. The van der Waals surface area contributed by atoms with Crippen molar-refractivity contribution in [3.05, 3.63) is 76.9 Å². The first-order chi connectivity index (χ1) is 15.1. The Morgan fingerprint density at radius 1 is 0.968 bits per heavy atom. The normalized spacial score (nSPS) is 12.4. The summed E-state index contributed by atoms with van der Waals surface area (Å²) in [5, 5.41) is 10.5. The molecule has 3 amide bonds. The second kappa shape index (κ2) is 9.00. The molecule has 3 N–H and O–H groups in total. The minimum absolute atomic E-state index is 0.0324. The maximum Gasteiger partial charge on any atom is 0.314 e. The van der Waals surface area contributed by atoms with Gasteiger partial charge in [0.05, 0.1) is 6.42 Å². The van der Waals surface area contributed by atoms with Gasteiger partial charge in [-0.15, -0.1) is 0 Å². The third-order valence-corrected chi connectivity index (χ3v) is 5.43. The van der Waals surface area contributed by atoms with E-state index in [1.807, 2.05) is 49.4 Å². The topological polar surface area (TPSA) is 87.3 Å². The van der Waals surface area contributed by atoms with Gasteiger partial charge in [0.1, 0.15) is 0 Å². The number of carbonyl (C=O) groups excluding carboxylic acids is 3. The van der Waals surface area contributed by atoms with Crippen LogP contribution in [0.2, 0.25) is 0 Å². The molecule has 1 aliphatic rings. The molecular weight excluding hydrogens is 390 g/mol. The van der Waals surface area contributed by atoms with Gasteiger partial charge in [-0.1, -0.05) is 43.3 Å². The highest BCUT2D eigenvalue weighted by Crippen LogP contribution is 2.34. The number of ketones is 1. The van der Waals surface area contributed by atoms with Gasteiger partial charge < -0.3 is 16.0 Å². The van der Waals surface area contributed by atoms with Crippen molar-refractivity contribution < 1.29 is 14.4 Å². The molecule has 0 fully saturated rings. The van der Waals surface area contributed by atoms with E-state index in [-0.39, 0.29) is 17.7 Å². The van der Waals surface area contributed by atoms with E-state index in [2.05, 4.69) is 16.0 Å². The molecular formula is C25H25N3O3. The van der Waals surface area contributed by atoms with E-state index in [1.54, 1.807) is 12.1 Å². The van der Waals surface area contributed by atoms with Gasteiger partial charge >= 0.3 is 6.03 Å². The van der Waals surface area contributed by atoms with Gasteiger partial charge in [-0.2, -0.15) is 0 Å². The highest BCUT2D eigenvalue weighted by Gasteiger charge is 2.23. The van der Waals surface area contributed by atoms with Crippen molar-refractivity contribution in [2.24, 2.45) is 0 Å². The SMILES string of the molecule is CCCNC(=O)NCCc1cc(C(=O)c2ccccc2)cc2ccc3c(c12)CC(=O)N3. The quantitative estimate of drug-likeness (QED) is 0.513. The highest BCUT2D eigenvalue weighted by molar-refractivity contribution is 6.13. The van der Waals surface area contributed by atoms with Crippen LogP contribution in [0.1, 0.15) is 40.4 Å². The maximum atomic E-state index is 13.1. The average Bonchev–Trinajstić information content (AvgIpc) is 3.17. The fourth-order valence-electron chi connectivity index (χ4n) is 3.99. The number of hydrogen-bond acceptors (Lipinski definition) is 3. The Balaban J connectivity index is 1.70. The Bertz CT molecular complexity index is 1160. The highest BCUT2D eigenvalue weighted by atomic mass is 16.2. The first-order valence-corrected chi connectivity index (χ1v) is 10.6. The summed E-state index contributed by atoms with van der Waals surface area (Å²) in [5.41, 5.74) is 3.94. The minimum atomic E-state index is -0.204. The number of rotatable bonds is 7. The molecule has 0 spiro atoms. The predicted octanol–water partition coefficient (Wildman–Crippen LogP) is 3.82. The van der Waals surface area contributed by atoms with Crippen LogP contribution >= 0.6 is 0 Å². The van der Waals surface area contributed by atoms with Crippen molar-refractivity contribution in [2.45, 2.75) is 26.2 Å². The summed E-state index contributed by atoms with van der Waals surface area (Å²) in [5.74, 6) is -0.0814. The zero-order valence-electron chi connectivity index (χ0n) is 17.5. The summed E-state index contributed by atoms with van der Waals surface area (Å²) in [6.07, 6.45) is 1.74. The van der Waals surface area contributed by atoms with Crippen LogP contribution in [0, 0.1) is 0 Å². The van der Waals surface area contributed by atoms with Crippen LogP contribution in [0.25, 0.3) is 10.8 Å². The Hall–Kier alpha value is -3.67. The number of urea groups is 1. The molecule has 6 nitrogen and oxygen atoms in total. The van der Waals surface area contributed by atoms with Gasteiger partial charge in [0.2, 0.25) is 5.91 Å². The van der Waals surface area contributed by atoms with Crippen LogP contribution < -0.4 is 16.0 Å². The first-order valence-electron chi connectivity index (χ1n) is 10.6. The molecule has 3 aromatic carbocycles. The Labute approximate surface area is 181 Å². The Morgan fingerprint density at radius 2 is 1.74 bits per heavy atom. The molecule has 0 radical (unpaired) electrons. The molecule has 6 heteroatoms. The van der Waals surface area contributed by atoms with E-state index in [0.717, 1.165) is 34.0 Å². The van der Waals surface area contributed by atoms with Crippen LogP contribution in [0.15, 0.2) is 54.6 Å². The van der Waals surface area contributed by atoms with Crippen LogP contribution in [0.3, 0.4) is 0 Å². The predicted molar refractivity (Wildman–Crippen MR) is 122 cm³/mol. The van der Waals surface area contributed by atoms with E-state index in [9.17, 15) is 14.4 Å². The number of carbonyl (C=O) groups is 3. The Kier molecular flexibility index (Phi) is 5.98. The van der Waals surface area contributed by atoms with E-state index in [1.165, 1.54) is 0 Å². The number of fused-ring (bicyclic) bond motifs is 3. The molecule has 0 bridgehead atoms. The fourth-order valence-corrected chi connectivity index (χ4v) is 3.99. The second-order valence-corrected chi connectivity index (χ2v) is 7.68. The zero-order chi connectivity index (χ0) is 21.8. The smallest absolute Gasteiger partial charge is 0.314 e. The van der Waals surface area contributed by atoms with Crippen LogP contribution in [-0.4, -0.2) is 30.8 Å². The second-order valence-electron chi connectivity index (χ2n) is 7.68. The zero-order valence-corrected chi connectivity index (χ0v) is 17.5. The molecule has 31 heavy (non-hydrogen) atoms. The van der Waals surface area contributed by atoms with Gasteiger partial charge in [-0.25, -0.2) is 4.79 Å². The molecule has 1 aliphatic heterocycles. The van der Waals surface area contributed by atoms with Crippen LogP contribution in [0.4, 0.5) is 10.5 Å². The number of anilines is 1. The standard InChI is InChI=1S/C25H25N3O3/c1-2-11-26-25(31)27-12-10-18-14-19(24(30)16-6-4-3-5-7-16)13-17-8-9-21-20(23(17)18)15-22(29)28-21/h3-9,13-14H,2,10-12,15H2,1H3,(H,28,29)(H2,26,27,31). The number of nitrogens with one attached hydrogen (secondary N) is 3. The largest absolute Gasteiger partial charge is 0.338 e. The van der Waals surface area contributed by atoms with Crippen molar-refractivity contribution in [1.82, 2.24) is 10.6 Å². The van der Waals surface area contributed by atoms with Gasteiger partial charge in [0, 0.05) is 29.9 Å². The van der Waals surface area contributed by atoms with Crippen molar-refractivity contribution in [3.8, 4) is 0 Å². The lowest BCUT2D eigenvalue weighted by Gasteiger charge is -2.14. The lowest BCUT2D eigenvalue weighted by Crippen LogP contribution is -2.36. The summed E-state index contributed by atoms with van der Waals surface area (Å²) in [6.45, 7) is 3.05. The minimum Gasteiger partial charge on any atom is -0.338 e. The lowest BCUT2D eigenvalue weighted by atomic mass is 9.91. The van der Waals surface area contributed by atoms with Crippen LogP contribution in [0.5, 0.6) is 0 Å². The average molecular weight is 415 g/mol. The number of amides is 3. The molecule has 1 heterocycles. The Morgan fingerprint density at radius 3 is 2.52 bits per heavy atom. The van der Waals surface area contributed by atoms with Crippen molar-refractivity contribution >= 4 is 34.2 Å². The van der Waals surface area contributed by atoms with Crippen molar-refractivity contribution in [3.63, 3.8) is 0 Å². The first kappa shape index (κ1) is 20.6. The van der Waals surface area contributed by atoms with E-state index in [4.69, 9.17) is 0 Å². The van der Waals surface area contributed by atoms with Gasteiger partial charge in [-0.05, 0) is 52.9 Å². The third kappa shape index (κ3) is 4.43. The van der Waals surface area contributed by atoms with Crippen molar-refractivity contribution in [1.29, 1.82) is 0 Å². The van der Waals surface area contributed by atoms with E-state index in [0.29, 0.717) is 37.1 Å². The lowest BCUT2D eigenvalue weighted by molar-refractivity contribution is -0.115. The number of hydrogen-bond donors (Lipinski definition) is 3. The van der Waals surface area contributed by atoms with Gasteiger partial charge in [0.15, 0.2) is 5.78 Å². The summed E-state index contributed by atoms with van der Waals surface area (Å²) in [6, 6.07) is 16.6. The fraction of sp³-hybridized carbons (Fsp3) is 0.240. The van der Waals surface area contributed by atoms with E-state index < -0.39 is 0 Å². The summed E-state index contributed by atoms with van der Waals surface area (Å²) >= 11 is 0. The molecule has 158 valence electrons. The molecule has 0 saturated heterocycles. The maximum absolute atomic E-state index is 13.1. The third-order valence-electron chi connectivity index (χ3n) is 5.43. The summed E-state index contributed by atoms with van der Waals surface area (Å²) in [4.78, 5) is 37.0. The summed E-state index contributed by atoms with van der Waals surface area (Å²) < 4.78 is 0. The molecule has 0 aromatic heterocycles. The van der Waals surface area contributed by atoms with Crippen molar-refractivity contribution in [2.75, 3.05) is 18.4 Å². The number of benzene rings is 3. The molecule has 0 saturated carbocycles. The molecule has 0 unspecified atom stereocenters.